The molecule has 0 aliphatic rings. The number of aromatic nitrogens is 2. The van der Waals surface area contributed by atoms with E-state index in [1.807, 2.05) is 24.3 Å². The van der Waals surface area contributed by atoms with E-state index in [9.17, 15) is 4.79 Å². The Balaban J connectivity index is 2.10. The van der Waals surface area contributed by atoms with Gasteiger partial charge in [-0.15, -0.1) is 22.0 Å². The maximum Gasteiger partial charge on any atom is 0.258 e. The van der Waals surface area contributed by atoms with Gasteiger partial charge in [-0.05, 0) is 18.6 Å². The summed E-state index contributed by atoms with van der Waals surface area (Å²) in [6, 6.07) is 7.56. The second-order valence-corrected chi connectivity index (χ2v) is 8.06. The van der Waals surface area contributed by atoms with Gasteiger partial charge < -0.3 is 4.74 Å². The van der Waals surface area contributed by atoms with Crippen molar-refractivity contribution in [2.75, 3.05) is 24.8 Å². The van der Waals surface area contributed by atoms with Crippen LogP contribution in [0.2, 0.25) is 0 Å². The summed E-state index contributed by atoms with van der Waals surface area (Å²) in [7, 11) is 1.67. The molecule has 1 aromatic carbocycles. The minimum Gasteiger partial charge on any atom is -0.384 e. The standard InChI is InChI=1S/C17H23N3O2S2/c1-5-17(2,3)15-19-20-16(24-15)18-14(21)12-8-6-7-9-13(12)23-11-10-22-4/h6-9H,5,10-11H2,1-4H3,(H,18,20,21). The van der Waals surface area contributed by atoms with E-state index in [0.717, 1.165) is 22.1 Å². The van der Waals surface area contributed by atoms with Gasteiger partial charge in [-0.1, -0.05) is 44.2 Å². The van der Waals surface area contributed by atoms with Gasteiger partial charge in [-0.25, -0.2) is 0 Å². The molecule has 0 saturated carbocycles. The van der Waals surface area contributed by atoms with E-state index in [1.165, 1.54) is 11.3 Å². The third-order valence-corrected chi connectivity index (χ3v) is 6.03. The Hall–Kier alpha value is -1.44. The van der Waals surface area contributed by atoms with Gasteiger partial charge in [-0.2, -0.15) is 0 Å². The molecule has 0 aliphatic carbocycles. The maximum atomic E-state index is 12.6. The number of nitrogens with one attached hydrogen (secondary N) is 1. The summed E-state index contributed by atoms with van der Waals surface area (Å²) in [5.41, 5.74) is 0.610. The Kier molecular flexibility index (Phi) is 6.77. The van der Waals surface area contributed by atoms with Crippen molar-refractivity contribution in [1.82, 2.24) is 10.2 Å². The van der Waals surface area contributed by atoms with Crippen LogP contribution in [0, 0.1) is 0 Å². The van der Waals surface area contributed by atoms with Crippen LogP contribution in [0.25, 0.3) is 0 Å². The molecule has 0 fully saturated rings. The van der Waals surface area contributed by atoms with E-state index in [4.69, 9.17) is 4.74 Å². The van der Waals surface area contributed by atoms with E-state index in [1.54, 1.807) is 18.9 Å². The number of ether oxygens (including phenoxy) is 1. The molecule has 0 unspecified atom stereocenters. The Labute approximate surface area is 151 Å². The van der Waals surface area contributed by atoms with Gasteiger partial charge in [0.15, 0.2) is 0 Å². The molecule has 2 aromatic rings. The van der Waals surface area contributed by atoms with Crippen LogP contribution in [0.5, 0.6) is 0 Å². The number of hydrogen-bond donors (Lipinski definition) is 1. The van der Waals surface area contributed by atoms with Gasteiger partial charge in [0.2, 0.25) is 5.13 Å². The SMILES string of the molecule is CCC(C)(C)c1nnc(NC(=O)c2ccccc2SCCOC)s1. The second-order valence-electron chi connectivity index (χ2n) is 5.94. The predicted molar refractivity (Wildman–Crippen MR) is 100 cm³/mol. The van der Waals surface area contributed by atoms with Crippen LogP contribution in [-0.4, -0.2) is 35.6 Å². The number of carbonyl (C=O) groups excluding carboxylic acids is 1. The molecule has 130 valence electrons. The van der Waals surface area contributed by atoms with Gasteiger partial charge in [0.25, 0.3) is 5.91 Å². The van der Waals surface area contributed by atoms with Crippen LogP contribution in [0.3, 0.4) is 0 Å². The van der Waals surface area contributed by atoms with Crippen molar-refractivity contribution in [3.05, 3.63) is 34.8 Å². The molecule has 0 aliphatic heterocycles. The molecule has 1 N–H and O–H groups in total. The number of methoxy groups -OCH3 is 1. The van der Waals surface area contributed by atoms with Crippen LogP contribution < -0.4 is 5.32 Å². The average Bonchev–Trinajstić information content (AvgIpc) is 3.05. The van der Waals surface area contributed by atoms with Gasteiger partial charge in [0, 0.05) is 23.2 Å². The summed E-state index contributed by atoms with van der Waals surface area (Å²) in [6.45, 7) is 7.02. The van der Waals surface area contributed by atoms with Crippen LogP contribution in [0.4, 0.5) is 5.13 Å². The first kappa shape index (κ1) is 18.9. The van der Waals surface area contributed by atoms with Crippen molar-refractivity contribution in [2.45, 2.75) is 37.5 Å². The summed E-state index contributed by atoms with van der Waals surface area (Å²) in [5.74, 6) is 0.640. The first-order valence-electron chi connectivity index (χ1n) is 7.84. The second kappa shape index (κ2) is 8.60. The molecule has 0 atom stereocenters. The summed E-state index contributed by atoms with van der Waals surface area (Å²) in [4.78, 5) is 13.5. The average molecular weight is 366 g/mol. The summed E-state index contributed by atoms with van der Waals surface area (Å²) >= 11 is 3.04. The summed E-state index contributed by atoms with van der Waals surface area (Å²) < 4.78 is 5.07. The molecule has 5 nitrogen and oxygen atoms in total. The first-order valence-corrected chi connectivity index (χ1v) is 9.64. The number of hydrogen-bond acceptors (Lipinski definition) is 6. The smallest absolute Gasteiger partial charge is 0.258 e. The minimum atomic E-state index is -0.160. The molecule has 1 amide bonds. The number of thioether (sulfide) groups is 1. The zero-order valence-electron chi connectivity index (χ0n) is 14.5. The van der Waals surface area contributed by atoms with E-state index >= 15 is 0 Å². The van der Waals surface area contributed by atoms with E-state index in [-0.39, 0.29) is 11.3 Å². The molecule has 0 saturated heterocycles. The quantitative estimate of drug-likeness (QED) is 0.560. The largest absolute Gasteiger partial charge is 0.384 e. The first-order chi connectivity index (χ1) is 11.5. The fourth-order valence-electron chi connectivity index (χ4n) is 1.88. The number of anilines is 1. The van der Waals surface area contributed by atoms with Crippen molar-refractivity contribution in [3.63, 3.8) is 0 Å². The highest BCUT2D eigenvalue weighted by atomic mass is 32.2. The van der Waals surface area contributed by atoms with Gasteiger partial charge in [0.05, 0.1) is 12.2 Å². The fraction of sp³-hybridized carbons (Fsp3) is 0.471. The molecule has 0 radical (unpaired) electrons. The highest BCUT2D eigenvalue weighted by Crippen LogP contribution is 2.31. The van der Waals surface area contributed by atoms with E-state index in [2.05, 4.69) is 36.3 Å². The molecule has 1 aromatic heterocycles. The topological polar surface area (TPSA) is 64.1 Å². The summed E-state index contributed by atoms with van der Waals surface area (Å²) in [6.07, 6.45) is 0.967. The van der Waals surface area contributed by atoms with Crippen molar-refractivity contribution < 1.29 is 9.53 Å². The summed E-state index contributed by atoms with van der Waals surface area (Å²) in [5, 5.41) is 12.7. The lowest BCUT2D eigenvalue weighted by atomic mass is 9.91. The van der Waals surface area contributed by atoms with Gasteiger partial charge in [-0.3, -0.25) is 10.1 Å². The van der Waals surface area contributed by atoms with Crippen molar-refractivity contribution in [1.29, 1.82) is 0 Å². The van der Waals surface area contributed by atoms with E-state index in [0.29, 0.717) is 17.3 Å². The number of rotatable bonds is 8. The Morgan fingerprint density at radius 2 is 2.08 bits per heavy atom. The Morgan fingerprint density at radius 3 is 2.79 bits per heavy atom. The molecular weight excluding hydrogens is 342 g/mol. The van der Waals surface area contributed by atoms with Gasteiger partial charge in [0.1, 0.15) is 5.01 Å². The van der Waals surface area contributed by atoms with Crippen LogP contribution in [0.1, 0.15) is 42.6 Å². The lowest BCUT2D eigenvalue weighted by Gasteiger charge is -2.17. The Morgan fingerprint density at radius 1 is 1.33 bits per heavy atom. The van der Waals surface area contributed by atoms with Crippen molar-refractivity contribution in [2.24, 2.45) is 0 Å². The van der Waals surface area contributed by atoms with Crippen molar-refractivity contribution in [3.8, 4) is 0 Å². The molecule has 2 rings (SSSR count). The lowest BCUT2D eigenvalue weighted by molar-refractivity contribution is 0.102. The normalized spacial score (nSPS) is 11.5. The third-order valence-electron chi connectivity index (χ3n) is 3.79. The van der Waals surface area contributed by atoms with Gasteiger partial charge >= 0.3 is 0 Å². The number of nitrogens with zero attached hydrogens (tertiary/aromatic N) is 2. The zero-order chi connectivity index (χ0) is 17.6. The molecular formula is C17H23N3O2S2. The number of amides is 1. The zero-order valence-corrected chi connectivity index (χ0v) is 16.1. The maximum absolute atomic E-state index is 12.6. The molecule has 24 heavy (non-hydrogen) atoms. The van der Waals surface area contributed by atoms with E-state index < -0.39 is 0 Å². The van der Waals surface area contributed by atoms with Crippen LogP contribution in [-0.2, 0) is 10.2 Å². The van der Waals surface area contributed by atoms with Crippen LogP contribution in [0.15, 0.2) is 29.2 Å². The number of carbonyl (C=O) groups is 1. The lowest BCUT2D eigenvalue weighted by Crippen LogP contribution is -2.14. The van der Waals surface area contributed by atoms with Crippen molar-refractivity contribution >= 4 is 34.1 Å². The van der Waals surface area contributed by atoms with Crippen LogP contribution >= 0.6 is 23.1 Å². The Bertz CT molecular complexity index is 686. The number of benzene rings is 1. The molecule has 0 bridgehead atoms. The monoisotopic (exact) mass is 365 g/mol. The molecule has 0 spiro atoms. The highest BCUT2D eigenvalue weighted by molar-refractivity contribution is 7.99. The highest BCUT2D eigenvalue weighted by Gasteiger charge is 2.24. The third kappa shape index (κ3) is 4.78. The predicted octanol–water partition coefficient (Wildman–Crippen LogP) is 4.22. The molecule has 1 heterocycles. The molecule has 7 heteroatoms. The fourth-order valence-corrected chi connectivity index (χ4v) is 3.75. The minimum absolute atomic E-state index is 0.0332.